The molecule has 40 heteroatoms. The molecule has 616 valence electrons. The molecular weight excluding hydrogens is 1510 g/mol. The molecule has 0 radical (unpaired) electrons. The van der Waals surface area contributed by atoms with Gasteiger partial charge in [-0.25, -0.2) is 28.7 Å². The van der Waals surface area contributed by atoms with Crippen LogP contribution in [-0.2, 0) is 81.5 Å². The third-order valence-electron chi connectivity index (χ3n) is 17.3. The summed E-state index contributed by atoms with van der Waals surface area (Å²) in [6.45, 7) is 3.67. The lowest BCUT2D eigenvalue weighted by atomic mass is 10.0. The highest BCUT2D eigenvalue weighted by atomic mass is 35.5. The molecule has 0 bridgehead atoms. The minimum absolute atomic E-state index is 0.0237. The number of nitrogens with one attached hydrogen (secondary N) is 10. The molecule has 1 fully saturated rings. The molecule has 5 rings (SSSR count). The van der Waals surface area contributed by atoms with Gasteiger partial charge in [0.15, 0.2) is 5.11 Å². The largest absolute Gasteiger partial charge is 0.481 e. The van der Waals surface area contributed by atoms with Crippen LogP contribution < -0.4 is 53.2 Å². The minimum Gasteiger partial charge on any atom is -0.481 e. The summed E-state index contributed by atoms with van der Waals surface area (Å²) in [4.78, 5) is 152. The van der Waals surface area contributed by atoms with Gasteiger partial charge < -0.3 is 103 Å². The zero-order chi connectivity index (χ0) is 81.6. The predicted octanol–water partition coefficient (Wildman–Crippen LogP) is 1.81. The Morgan fingerprint density at radius 2 is 1.09 bits per heavy atom. The predicted molar refractivity (Wildman–Crippen MR) is 411 cm³/mol. The van der Waals surface area contributed by atoms with Crippen LogP contribution in [0.5, 0.6) is 0 Å². The Balaban J connectivity index is 1.03. The zero-order valence-electron chi connectivity index (χ0n) is 62.2. The molecule has 1 aromatic heterocycles. The number of amides is 7. The molecule has 2 heterocycles. The van der Waals surface area contributed by atoms with Crippen LogP contribution in [0.2, 0.25) is 5.02 Å². The van der Waals surface area contributed by atoms with E-state index in [1.807, 2.05) is 12.1 Å². The number of unbranched alkanes of at least 4 members (excludes halogenated alkanes) is 3. The highest BCUT2D eigenvalue weighted by Crippen LogP contribution is 2.22. The zero-order valence-corrected chi connectivity index (χ0v) is 63.7. The van der Waals surface area contributed by atoms with Gasteiger partial charge in [-0.2, -0.15) is 0 Å². The van der Waals surface area contributed by atoms with Crippen molar-refractivity contribution >= 4 is 112 Å². The summed E-state index contributed by atoms with van der Waals surface area (Å²) in [5.41, 5.74) is 3.84. The van der Waals surface area contributed by atoms with Crippen molar-refractivity contribution < 1.29 is 107 Å². The highest BCUT2D eigenvalue weighted by Gasteiger charge is 2.30. The van der Waals surface area contributed by atoms with Crippen LogP contribution in [0.25, 0.3) is 11.3 Å². The Kier molecular flexibility index (Phi) is 42.9. The molecule has 0 saturated carbocycles. The van der Waals surface area contributed by atoms with Crippen molar-refractivity contribution in [3.63, 3.8) is 0 Å². The van der Waals surface area contributed by atoms with E-state index in [1.54, 1.807) is 86.2 Å². The summed E-state index contributed by atoms with van der Waals surface area (Å²) in [6.07, 6.45) is 3.47. The van der Waals surface area contributed by atoms with Crippen molar-refractivity contribution in [3.8, 4) is 11.3 Å². The van der Waals surface area contributed by atoms with Gasteiger partial charge in [-0.3, -0.25) is 48.3 Å². The lowest BCUT2D eigenvalue weighted by molar-refractivity contribution is -0.142. The third-order valence-corrected chi connectivity index (χ3v) is 17.8. The van der Waals surface area contributed by atoms with Crippen molar-refractivity contribution in [2.24, 2.45) is 0 Å². The fraction of sp³-hybridized carbons (Fsp3) is 0.542. The number of hydrogen-bond donors (Lipinski definition) is 17. The molecule has 3 aromatic carbocycles. The normalized spacial score (nSPS) is 14.7. The lowest BCUT2D eigenvalue weighted by Gasteiger charge is -2.36. The summed E-state index contributed by atoms with van der Waals surface area (Å²) in [5.74, 6) is -9.95. The smallest absolute Gasteiger partial charge is 0.326 e. The number of urea groups is 2. The molecule has 0 spiro atoms. The molecule has 1 aliphatic rings. The van der Waals surface area contributed by atoms with Gasteiger partial charge in [-0.15, -0.1) is 5.10 Å². The monoisotopic (exact) mass is 1610 g/mol. The molecule has 38 nitrogen and oxygen atoms in total. The Labute approximate surface area is 657 Å². The van der Waals surface area contributed by atoms with Gasteiger partial charge in [-0.05, 0) is 130 Å². The summed E-state index contributed by atoms with van der Waals surface area (Å²) >= 11 is 11.6. The number of benzene rings is 3. The van der Waals surface area contributed by atoms with E-state index < -0.39 is 109 Å². The van der Waals surface area contributed by atoms with Crippen LogP contribution in [0.3, 0.4) is 0 Å². The minimum atomic E-state index is -1.54. The van der Waals surface area contributed by atoms with E-state index in [2.05, 4.69) is 63.5 Å². The SMILES string of the molecule is O=C(O)CCC(NC(=O)NC(CCCCNC(=O)Nc1cccc(-c2cn(CCOCCOCCOCCC(=O)N[C@@H](CCCCNC(=S)Nc3ccc(CC4CN(CC(=O)O)CCNCCN(CC(=O)O)CCN4CC(=O)O)cc3)C(=O)NC(CCCCNC(=O)Cc3ccc(Cl)cc3)C(=O)O)nn2)c1)C(=O)O)C(=O)O. The number of hydrogen-bond acceptors (Lipinski definition) is 22. The molecule has 17 N–H and O–H groups in total. The Morgan fingerprint density at radius 3 is 1.71 bits per heavy atom. The molecule has 0 aliphatic carbocycles. The van der Waals surface area contributed by atoms with Crippen LogP contribution >= 0.6 is 23.8 Å². The molecule has 112 heavy (non-hydrogen) atoms. The molecule has 7 amide bonds. The van der Waals surface area contributed by atoms with E-state index in [0.717, 1.165) is 11.1 Å². The number of ether oxygens (including phenoxy) is 3. The van der Waals surface area contributed by atoms with Gasteiger partial charge in [0.1, 0.15) is 29.9 Å². The van der Waals surface area contributed by atoms with Gasteiger partial charge in [0.05, 0.1) is 78.4 Å². The Hall–Kier alpha value is -10.3. The molecule has 4 aromatic rings. The Morgan fingerprint density at radius 1 is 0.527 bits per heavy atom. The second kappa shape index (κ2) is 52.1. The number of anilines is 2. The number of carbonyl (C=O) groups is 12. The molecule has 4 unspecified atom stereocenters. The van der Waals surface area contributed by atoms with E-state index in [4.69, 9.17) is 43.1 Å². The van der Waals surface area contributed by atoms with Crippen molar-refractivity contribution in [2.75, 3.05) is 135 Å². The van der Waals surface area contributed by atoms with Crippen molar-refractivity contribution in [1.29, 1.82) is 0 Å². The van der Waals surface area contributed by atoms with Crippen molar-refractivity contribution in [2.45, 2.75) is 127 Å². The number of rotatable bonds is 51. The third kappa shape index (κ3) is 39.6. The fourth-order valence-electron chi connectivity index (χ4n) is 11.5. The van der Waals surface area contributed by atoms with Crippen LogP contribution in [0.1, 0.15) is 88.2 Å². The number of nitrogens with zero attached hydrogens (tertiary/aromatic N) is 6. The fourth-order valence-corrected chi connectivity index (χ4v) is 11.9. The van der Waals surface area contributed by atoms with E-state index in [0.29, 0.717) is 105 Å². The number of carbonyl (C=O) groups excluding carboxylic acids is 5. The molecule has 5 atom stereocenters. The van der Waals surface area contributed by atoms with E-state index in [9.17, 15) is 88.2 Å². The molecule has 1 saturated heterocycles. The van der Waals surface area contributed by atoms with E-state index >= 15 is 0 Å². The maximum atomic E-state index is 13.8. The van der Waals surface area contributed by atoms with Crippen LogP contribution in [0.4, 0.5) is 21.0 Å². The number of halogens is 1. The first-order valence-electron chi connectivity index (χ1n) is 36.7. The average Bonchev–Trinajstić information content (AvgIpc) is 1.58. The van der Waals surface area contributed by atoms with E-state index in [1.165, 1.54) is 0 Å². The second-order valence-electron chi connectivity index (χ2n) is 26.3. The van der Waals surface area contributed by atoms with Gasteiger partial charge >= 0.3 is 53.8 Å². The highest BCUT2D eigenvalue weighted by molar-refractivity contribution is 7.80. The second-order valence-corrected chi connectivity index (χ2v) is 27.1. The van der Waals surface area contributed by atoms with Crippen LogP contribution in [0.15, 0.2) is 79.0 Å². The average molecular weight is 1610 g/mol. The lowest BCUT2D eigenvalue weighted by Crippen LogP contribution is -2.52. The number of carboxylic acid groups (broad SMARTS) is 7. The summed E-state index contributed by atoms with van der Waals surface area (Å²) < 4.78 is 18.6. The summed E-state index contributed by atoms with van der Waals surface area (Å²) in [6, 6.07) is 13.6. The van der Waals surface area contributed by atoms with Crippen LogP contribution in [-0.4, -0.2) is 297 Å². The quantitative estimate of drug-likeness (QED) is 0.0221. The molecular formula is C72H103ClN16O22S. The standard InChI is InChI=1S/C72H103ClN16O22S/c73-51-17-13-49(14-18-51)41-61(91)75-24-4-2-11-56(67(101)102)81-66(100)55(10-1-6-26-77-72(112)79-52-19-15-48(16-20-52)40-54-43-87(46-64(96)97)30-28-74-27-29-86(45-63(94)95)31-32-88(54)47-65(98)99)80-60(90)23-34-109-36-38-111-39-37-110-35-33-89-44-59(84-85-89)50-8-7-9-53(42-50)78-70(107)76-25-5-3-12-57(68(103)104)82-71(108)83-58(69(105)106)21-22-62(92)93/h7-9,13-20,42,44,54-58,74H,1-6,10-12,21-41,43,45-47H2,(H,75,91)(H,80,90)(H,81,100)(H,92,93)(H,94,95)(H,96,97)(H,98,99)(H,101,102)(H,103,104)(H,105,106)(H2,76,78,107)(H2,77,79,112)(H2,82,83,108)/t54?,55-,56?,57?,58?/m0/s1. The maximum absolute atomic E-state index is 13.8. The van der Waals surface area contributed by atoms with Gasteiger partial charge in [0, 0.05) is 106 Å². The summed E-state index contributed by atoms with van der Waals surface area (Å²) in [7, 11) is 0. The van der Waals surface area contributed by atoms with Gasteiger partial charge in [0.2, 0.25) is 17.7 Å². The van der Waals surface area contributed by atoms with Gasteiger partial charge in [-0.1, -0.05) is 53.2 Å². The van der Waals surface area contributed by atoms with E-state index in [-0.39, 0.29) is 142 Å². The maximum Gasteiger partial charge on any atom is 0.326 e. The first kappa shape index (κ1) is 92.3. The first-order valence-corrected chi connectivity index (χ1v) is 37.5. The van der Waals surface area contributed by atoms with Crippen molar-refractivity contribution in [1.82, 2.24) is 72.2 Å². The Bertz CT molecular complexity index is 3680. The van der Waals surface area contributed by atoms with Gasteiger partial charge in [0.25, 0.3) is 0 Å². The number of aliphatic carboxylic acids is 7. The first-order chi connectivity index (χ1) is 53.7. The number of thiocarbonyl (C=S) groups is 1. The number of carboxylic acids is 7. The van der Waals surface area contributed by atoms with Crippen LogP contribution in [0, 0.1) is 0 Å². The summed E-state index contributed by atoms with van der Waals surface area (Å²) in [5, 5.41) is 103. The number of aromatic nitrogens is 3. The van der Waals surface area contributed by atoms with Crippen molar-refractivity contribution in [3.05, 3.63) is 95.1 Å². The molecule has 1 aliphatic heterocycles. The topological polar surface area (TPSA) is 535 Å².